The number of aryl methyl sites for hydroxylation is 2. The number of hydrogen-bond acceptors (Lipinski definition) is 2. The third kappa shape index (κ3) is 8.73. The maximum absolute atomic E-state index is 4.08. The van der Waals surface area contributed by atoms with Gasteiger partial charge in [0.05, 0.1) is 0 Å². The Morgan fingerprint density at radius 3 is 1.09 bits per heavy atom. The molecule has 4 heterocycles. The Morgan fingerprint density at radius 2 is 0.727 bits per heavy atom. The van der Waals surface area contributed by atoms with Crippen molar-refractivity contribution in [2.45, 2.75) is 45.2 Å². The SMILES string of the molecule is [I-].[I-].c1cc(-c2cc[n+](CCCCCCC[n+]3ccc(-c4ccncc4)cc3)cc2)ccn1. The molecule has 0 saturated carbocycles. The fourth-order valence-corrected chi connectivity index (χ4v) is 3.81. The Kier molecular flexibility index (Phi) is 12.5. The molecule has 0 amide bonds. The lowest BCUT2D eigenvalue weighted by Crippen LogP contribution is -3.00. The normalized spacial score (nSPS) is 10.2. The summed E-state index contributed by atoms with van der Waals surface area (Å²) in [4.78, 5) is 8.17. The van der Waals surface area contributed by atoms with E-state index in [1.54, 1.807) is 0 Å². The summed E-state index contributed by atoms with van der Waals surface area (Å²) in [6.45, 7) is 2.17. The predicted molar refractivity (Wildman–Crippen MR) is 123 cm³/mol. The average Bonchev–Trinajstić information content (AvgIpc) is 2.85. The van der Waals surface area contributed by atoms with Crippen LogP contribution < -0.4 is 57.1 Å². The van der Waals surface area contributed by atoms with Crippen LogP contribution in [0, 0.1) is 0 Å². The van der Waals surface area contributed by atoms with Crippen molar-refractivity contribution in [3.63, 3.8) is 0 Å². The van der Waals surface area contributed by atoms with Crippen LogP contribution in [0.2, 0.25) is 0 Å². The second-order valence-electron chi connectivity index (χ2n) is 7.89. The molecule has 172 valence electrons. The first kappa shape index (κ1) is 27.3. The Morgan fingerprint density at radius 1 is 0.424 bits per heavy atom. The van der Waals surface area contributed by atoms with Crippen LogP contribution in [-0.2, 0) is 13.1 Å². The van der Waals surface area contributed by atoms with Gasteiger partial charge in [-0.15, -0.1) is 0 Å². The van der Waals surface area contributed by atoms with E-state index in [0.717, 1.165) is 13.1 Å². The number of rotatable bonds is 10. The van der Waals surface area contributed by atoms with Gasteiger partial charge in [-0.2, -0.15) is 0 Å². The van der Waals surface area contributed by atoms with Gasteiger partial charge in [-0.25, -0.2) is 9.13 Å². The molecule has 33 heavy (non-hydrogen) atoms. The van der Waals surface area contributed by atoms with Crippen molar-refractivity contribution in [1.82, 2.24) is 9.97 Å². The van der Waals surface area contributed by atoms with Crippen LogP contribution in [0.1, 0.15) is 32.1 Å². The van der Waals surface area contributed by atoms with Crippen LogP contribution in [0.5, 0.6) is 0 Å². The van der Waals surface area contributed by atoms with Crippen molar-refractivity contribution in [3.8, 4) is 22.3 Å². The molecule has 4 nitrogen and oxygen atoms in total. The number of unbranched alkanes of at least 4 members (excludes halogenated alkanes) is 4. The minimum Gasteiger partial charge on any atom is -1.00 e. The second-order valence-corrected chi connectivity index (χ2v) is 7.89. The van der Waals surface area contributed by atoms with Crippen molar-refractivity contribution in [1.29, 1.82) is 0 Å². The van der Waals surface area contributed by atoms with Gasteiger partial charge in [0.2, 0.25) is 0 Å². The van der Waals surface area contributed by atoms with Gasteiger partial charge in [0.15, 0.2) is 24.8 Å². The molecule has 4 aromatic heterocycles. The fraction of sp³-hybridized carbons (Fsp3) is 0.259. The molecule has 0 spiro atoms. The molecule has 0 saturated heterocycles. The molecule has 4 rings (SSSR count). The highest BCUT2D eigenvalue weighted by molar-refractivity contribution is 5.61. The quantitative estimate of drug-likeness (QED) is 0.125. The molecular formula is C27H30I2N4. The van der Waals surface area contributed by atoms with E-state index < -0.39 is 0 Å². The van der Waals surface area contributed by atoms with E-state index in [-0.39, 0.29) is 48.0 Å². The molecule has 0 aliphatic carbocycles. The smallest absolute Gasteiger partial charge is 0.169 e. The summed E-state index contributed by atoms with van der Waals surface area (Å²) >= 11 is 0. The van der Waals surface area contributed by atoms with Crippen LogP contribution in [-0.4, -0.2) is 9.97 Å². The molecular weight excluding hydrogens is 634 g/mol. The molecule has 0 atom stereocenters. The molecule has 0 bridgehead atoms. The second kappa shape index (κ2) is 15.1. The molecule has 0 aliphatic heterocycles. The summed E-state index contributed by atoms with van der Waals surface area (Å²) in [5.41, 5.74) is 4.91. The van der Waals surface area contributed by atoms with Gasteiger partial charge in [-0.05, 0) is 59.4 Å². The summed E-state index contributed by atoms with van der Waals surface area (Å²) in [7, 11) is 0. The lowest BCUT2D eigenvalue weighted by Gasteiger charge is -2.02. The molecule has 0 N–H and O–H groups in total. The predicted octanol–water partition coefficient (Wildman–Crippen LogP) is -0.956. The lowest BCUT2D eigenvalue weighted by molar-refractivity contribution is -0.697. The summed E-state index contributed by atoms with van der Waals surface area (Å²) in [6, 6.07) is 16.9. The van der Waals surface area contributed by atoms with Gasteiger partial charge in [0.1, 0.15) is 13.1 Å². The largest absolute Gasteiger partial charge is 1.00 e. The minimum absolute atomic E-state index is 0. The first-order valence-electron chi connectivity index (χ1n) is 11.2. The van der Waals surface area contributed by atoms with Gasteiger partial charge in [0.25, 0.3) is 0 Å². The van der Waals surface area contributed by atoms with E-state index in [4.69, 9.17) is 0 Å². The zero-order chi connectivity index (χ0) is 21.1. The number of halogens is 2. The van der Waals surface area contributed by atoms with Crippen LogP contribution in [0.25, 0.3) is 22.3 Å². The van der Waals surface area contributed by atoms with Crippen molar-refractivity contribution in [2.75, 3.05) is 0 Å². The van der Waals surface area contributed by atoms with Gasteiger partial charge < -0.3 is 48.0 Å². The van der Waals surface area contributed by atoms with Gasteiger partial charge in [0, 0.05) is 61.9 Å². The van der Waals surface area contributed by atoms with Crippen molar-refractivity contribution in [3.05, 3.63) is 98.1 Å². The number of aromatic nitrogens is 4. The average molecular weight is 664 g/mol. The standard InChI is InChI=1S/C27H30N4.2HI/c1(2-4-18-30-20-10-26(11-21-30)24-6-14-28-15-7-24)3-5-19-31-22-12-27(13-23-31)25-8-16-29-17-9-25;;/h6-17,20-23H,1-5,18-19H2;2*1H/q+2;;/p-2. The summed E-state index contributed by atoms with van der Waals surface area (Å²) < 4.78 is 4.57. The van der Waals surface area contributed by atoms with Crippen LogP contribution in [0.3, 0.4) is 0 Å². The summed E-state index contributed by atoms with van der Waals surface area (Å²) in [6.07, 6.45) is 22.4. The zero-order valence-electron chi connectivity index (χ0n) is 18.7. The number of nitrogens with zero attached hydrogens (tertiary/aromatic N) is 4. The third-order valence-corrected chi connectivity index (χ3v) is 5.64. The molecule has 0 aliphatic rings. The first-order chi connectivity index (χ1) is 15.4. The molecule has 4 aromatic rings. The summed E-state index contributed by atoms with van der Waals surface area (Å²) in [5, 5.41) is 0. The first-order valence-corrected chi connectivity index (χ1v) is 11.2. The highest BCUT2D eigenvalue weighted by Crippen LogP contribution is 2.16. The van der Waals surface area contributed by atoms with E-state index in [0.29, 0.717) is 0 Å². The highest BCUT2D eigenvalue weighted by atomic mass is 127. The van der Waals surface area contributed by atoms with Gasteiger partial charge in [-0.3, -0.25) is 9.97 Å². The molecule has 0 radical (unpaired) electrons. The van der Waals surface area contributed by atoms with Gasteiger partial charge >= 0.3 is 0 Å². The lowest BCUT2D eigenvalue weighted by atomic mass is 10.1. The number of pyridine rings is 4. The Bertz CT molecular complexity index is 954. The van der Waals surface area contributed by atoms with Gasteiger partial charge in [-0.1, -0.05) is 6.42 Å². The van der Waals surface area contributed by atoms with Crippen molar-refractivity contribution >= 4 is 0 Å². The van der Waals surface area contributed by atoms with Crippen LogP contribution in [0.4, 0.5) is 0 Å². The maximum Gasteiger partial charge on any atom is 0.169 e. The minimum atomic E-state index is 0. The van der Waals surface area contributed by atoms with Crippen molar-refractivity contribution in [2.24, 2.45) is 0 Å². The van der Waals surface area contributed by atoms with Crippen LogP contribution in [0.15, 0.2) is 98.1 Å². The molecule has 0 unspecified atom stereocenters. The van der Waals surface area contributed by atoms with E-state index in [1.165, 1.54) is 54.4 Å². The fourth-order valence-electron chi connectivity index (χ4n) is 3.81. The molecule has 0 aromatic carbocycles. The number of hydrogen-bond donors (Lipinski definition) is 0. The Labute approximate surface area is 231 Å². The Balaban J connectivity index is 0.00000193. The van der Waals surface area contributed by atoms with Crippen molar-refractivity contribution < 1.29 is 57.1 Å². The monoisotopic (exact) mass is 664 g/mol. The zero-order valence-corrected chi connectivity index (χ0v) is 23.0. The Hall–Kier alpha value is -1.94. The van der Waals surface area contributed by atoms with E-state index in [2.05, 4.69) is 68.2 Å². The molecule has 0 fully saturated rings. The van der Waals surface area contributed by atoms with E-state index in [9.17, 15) is 0 Å². The highest BCUT2D eigenvalue weighted by Gasteiger charge is 2.05. The maximum atomic E-state index is 4.08. The third-order valence-electron chi connectivity index (χ3n) is 5.64. The van der Waals surface area contributed by atoms with E-state index >= 15 is 0 Å². The molecule has 6 heteroatoms. The van der Waals surface area contributed by atoms with Crippen LogP contribution >= 0.6 is 0 Å². The topological polar surface area (TPSA) is 33.5 Å². The summed E-state index contributed by atoms with van der Waals surface area (Å²) in [5.74, 6) is 0. The van der Waals surface area contributed by atoms with E-state index in [1.807, 2.05) is 49.1 Å².